The van der Waals surface area contributed by atoms with Crippen molar-refractivity contribution in [3.8, 4) is 45.5 Å². The van der Waals surface area contributed by atoms with Gasteiger partial charge in [0.2, 0.25) is 0 Å². The van der Waals surface area contributed by atoms with Crippen LogP contribution in [0.2, 0.25) is 0 Å². The van der Waals surface area contributed by atoms with Crippen LogP contribution in [0, 0.1) is 0 Å². The molecule has 6 nitrogen and oxygen atoms in total. The fourth-order valence-corrected chi connectivity index (χ4v) is 11.0. The van der Waals surface area contributed by atoms with E-state index in [4.69, 9.17) is 15.5 Å². The van der Waals surface area contributed by atoms with Crippen LogP contribution < -0.4 is 0 Å². The number of rotatable bonds is 6. The van der Waals surface area contributed by atoms with Gasteiger partial charge in [0.25, 0.3) is 0 Å². The van der Waals surface area contributed by atoms with Crippen LogP contribution in [-0.2, 0) is 0 Å². The monoisotopic (exact) mass is 900 g/mol. The Bertz CT molecular complexity index is 4870. The zero-order valence-electron chi connectivity index (χ0n) is 45.2. The normalized spacial score (nSPS) is 13.6. The number of aromatic nitrogens is 6. The Hall–Kier alpha value is -9.52. The maximum absolute atomic E-state index is 9.55. The van der Waals surface area contributed by atoms with Gasteiger partial charge in [-0.15, -0.1) is 0 Å². The molecule has 0 N–H and O–H groups in total. The number of hydrogen-bond acceptors (Lipinski definition) is 2. The fourth-order valence-electron chi connectivity index (χ4n) is 11.0. The van der Waals surface area contributed by atoms with Gasteiger partial charge in [0, 0.05) is 54.8 Å². The first kappa shape index (κ1) is 31.5. The molecule has 0 saturated carbocycles. The summed E-state index contributed by atoms with van der Waals surface area (Å²) in [6, 6.07) is 62.1. The lowest BCUT2D eigenvalue weighted by Gasteiger charge is -2.20. The van der Waals surface area contributed by atoms with Crippen LogP contribution in [0.3, 0.4) is 0 Å². The molecule has 0 aliphatic heterocycles. The molecular weight excluding hydrogens is 853 g/mol. The van der Waals surface area contributed by atoms with Crippen molar-refractivity contribution in [1.82, 2.24) is 28.2 Å². The van der Waals surface area contributed by atoms with E-state index in [2.05, 4.69) is 135 Å². The highest BCUT2D eigenvalue weighted by Gasteiger charge is 2.25. The average Bonchev–Trinajstić information content (AvgIpc) is 4.41. The predicted molar refractivity (Wildman–Crippen MR) is 290 cm³/mol. The lowest BCUT2D eigenvalue weighted by molar-refractivity contribution is 0.991. The zero-order chi connectivity index (χ0) is 52.8. The second-order valence-corrected chi connectivity index (χ2v) is 17.5. The summed E-state index contributed by atoms with van der Waals surface area (Å²) in [5.74, 6) is 0.774. The van der Waals surface area contributed by atoms with Gasteiger partial charge in [-0.2, -0.15) is 0 Å². The molecule has 6 heteroatoms. The maximum Gasteiger partial charge on any atom is 0.166 e. The smallest absolute Gasteiger partial charge is 0.166 e. The maximum atomic E-state index is 9.55. The highest BCUT2D eigenvalue weighted by Crippen LogP contribution is 2.43. The second kappa shape index (κ2) is 15.0. The largest absolute Gasteiger partial charge is 0.309 e. The number of para-hydroxylation sites is 8. The molecule has 0 spiro atoms. The van der Waals surface area contributed by atoms with E-state index in [1.54, 1.807) is 6.07 Å². The Balaban J connectivity index is 1.12. The summed E-state index contributed by atoms with van der Waals surface area (Å²) < 4.78 is 81.5. The minimum atomic E-state index is -0.527. The highest BCUT2D eigenvalue weighted by molar-refractivity contribution is 6.13. The van der Waals surface area contributed by atoms with Crippen LogP contribution in [0.25, 0.3) is 133 Å². The molecule has 0 aliphatic rings. The minimum absolute atomic E-state index is 0.0457. The molecule has 0 amide bonds. The first-order valence-electron chi connectivity index (χ1n) is 27.2. The van der Waals surface area contributed by atoms with Crippen LogP contribution in [0.5, 0.6) is 0 Å². The Morgan fingerprint density at radius 3 is 1.20 bits per heavy atom. The molecule has 0 radical (unpaired) electrons. The summed E-state index contributed by atoms with van der Waals surface area (Å²) in [6.45, 7) is 0. The van der Waals surface area contributed by atoms with Gasteiger partial charge in [-0.1, -0.05) is 170 Å². The molecule has 70 heavy (non-hydrogen) atoms. The van der Waals surface area contributed by atoms with E-state index in [0.29, 0.717) is 11.4 Å². The predicted octanol–water partition coefficient (Wildman–Crippen LogP) is 16.2. The highest BCUT2D eigenvalue weighted by atomic mass is 15.2. The summed E-state index contributed by atoms with van der Waals surface area (Å²) in [4.78, 5) is 11.2. The van der Waals surface area contributed by atoms with Crippen molar-refractivity contribution >= 4 is 87.2 Å². The molecule has 10 aromatic carbocycles. The summed E-state index contributed by atoms with van der Waals surface area (Å²) >= 11 is 0. The third-order valence-electron chi connectivity index (χ3n) is 13.9. The molecule has 5 heterocycles. The fraction of sp³-hybridized carbons (Fsp3) is 0. The lowest BCUT2D eigenvalue weighted by atomic mass is 9.96. The van der Waals surface area contributed by atoms with Gasteiger partial charge in [0.15, 0.2) is 5.82 Å². The van der Waals surface area contributed by atoms with Crippen LogP contribution in [0.4, 0.5) is 0 Å². The number of nitrogens with zero attached hydrogens (tertiary/aromatic N) is 6. The summed E-state index contributed by atoms with van der Waals surface area (Å²) in [5.41, 5.74) is 9.58. The molecule has 326 valence electrons. The summed E-state index contributed by atoms with van der Waals surface area (Å²) in [6.07, 6.45) is 0. The average molecular weight is 901 g/mol. The second-order valence-electron chi connectivity index (χ2n) is 17.5. The third kappa shape index (κ3) is 5.56. The van der Waals surface area contributed by atoms with Gasteiger partial charge in [0.05, 0.1) is 66.4 Å². The number of fused-ring (bicyclic) bond motifs is 12. The van der Waals surface area contributed by atoms with E-state index < -0.39 is 48.3 Å². The molecule has 15 rings (SSSR count). The van der Waals surface area contributed by atoms with Crippen LogP contribution in [0.1, 0.15) is 11.0 Å². The van der Waals surface area contributed by atoms with E-state index in [-0.39, 0.29) is 33.4 Å². The molecule has 0 bridgehead atoms. The van der Waals surface area contributed by atoms with Crippen molar-refractivity contribution in [2.24, 2.45) is 0 Å². The molecule has 5 aromatic heterocycles. The van der Waals surface area contributed by atoms with Crippen molar-refractivity contribution in [2.45, 2.75) is 0 Å². The lowest BCUT2D eigenvalue weighted by Crippen LogP contribution is -2.08. The van der Waals surface area contributed by atoms with Crippen molar-refractivity contribution in [2.75, 3.05) is 0 Å². The zero-order valence-corrected chi connectivity index (χ0v) is 37.2. The van der Waals surface area contributed by atoms with Crippen LogP contribution >= 0.6 is 0 Å². The molecule has 0 aliphatic carbocycles. The van der Waals surface area contributed by atoms with Gasteiger partial charge in [-0.05, 0) is 77.8 Å². The van der Waals surface area contributed by atoms with E-state index in [1.165, 1.54) is 4.57 Å². The van der Waals surface area contributed by atoms with E-state index in [1.807, 2.05) is 66.7 Å². The van der Waals surface area contributed by atoms with Gasteiger partial charge in [0.1, 0.15) is 11.6 Å². The van der Waals surface area contributed by atoms with Crippen LogP contribution in [0.15, 0.2) is 242 Å². The Morgan fingerprint density at radius 2 is 0.714 bits per heavy atom. The Kier molecular flexibility index (Phi) is 6.74. The summed E-state index contributed by atoms with van der Waals surface area (Å²) in [5, 5.41) is 6.22. The van der Waals surface area contributed by atoms with Crippen molar-refractivity contribution in [3.63, 3.8) is 0 Å². The first-order valence-corrected chi connectivity index (χ1v) is 23.2. The van der Waals surface area contributed by atoms with Gasteiger partial charge >= 0.3 is 0 Å². The first-order chi connectivity index (χ1) is 38.1. The van der Waals surface area contributed by atoms with Crippen molar-refractivity contribution < 1.29 is 11.0 Å². The molecule has 0 atom stereocenters. The molecule has 0 unspecified atom stereocenters. The Morgan fingerprint density at radius 1 is 0.314 bits per heavy atom. The van der Waals surface area contributed by atoms with Gasteiger partial charge in [-0.3, -0.25) is 9.13 Å². The van der Waals surface area contributed by atoms with Crippen LogP contribution in [-0.4, -0.2) is 28.2 Å². The topological polar surface area (TPSA) is 45.5 Å². The molecular formula is C64H40N6. The summed E-state index contributed by atoms with van der Waals surface area (Å²) in [7, 11) is 0. The van der Waals surface area contributed by atoms with Crippen molar-refractivity contribution in [1.29, 1.82) is 0 Å². The van der Waals surface area contributed by atoms with E-state index in [0.717, 1.165) is 87.9 Å². The van der Waals surface area contributed by atoms with Crippen molar-refractivity contribution in [3.05, 3.63) is 242 Å². The molecule has 15 aromatic rings. The van der Waals surface area contributed by atoms with Gasteiger partial charge < -0.3 is 9.13 Å². The standard InChI is InChI=1S/C64H40N6/c1-9-30-52-44(21-1)45-22-2-10-31-53(45)67(52)42-20-17-19-41(39-42)43-29-18-38-60(68-54-32-11-3-23-46(54)47-24-4-12-33-55(47)68)63(43)64-65-61(69-56-34-13-5-25-48(56)49-26-6-14-35-57(49)69)40-62(66-64)70-58-36-15-7-27-50(58)51-28-8-16-37-59(51)70/h1-40H/i5D,6D,13D,14D,25D,26D,34D,35D. The SMILES string of the molecule is [2H]c1c([2H])c([2H])c2c(c1[2H])c1c([2H])c([2H])c([2H])c([2H])c1n2-c1cc(-n2c3ccccc3c3ccccc32)nc(-c2c(-c3cccc(-n4c5ccccc5c5ccccc54)c3)cccc2-n2c3ccccc3c3ccccc32)n1. The third-order valence-corrected chi connectivity index (χ3v) is 13.9. The van der Waals surface area contributed by atoms with Gasteiger partial charge in [-0.25, -0.2) is 9.97 Å². The van der Waals surface area contributed by atoms with E-state index >= 15 is 0 Å². The Labute approximate surface area is 413 Å². The molecule has 0 saturated heterocycles. The quantitative estimate of drug-likeness (QED) is 0.167. The van der Waals surface area contributed by atoms with E-state index in [9.17, 15) is 5.48 Å². The number of hydrogen-bond donors (Lipinski definition) is 0. The number of benzene rings is 10. The minimum Gasteiger partial charge on any atom is -0.309 e. The molecule has 0 fully saturated rings.